The number of carbonyl (C=O) groups is 1. The van der Waals surface area contributed by atoms with E-state index in [1.165, 1.54) is 0 Å². The molecular formula is C13H17BrClNO. The lowest BCUT2D eigenvalue weighted by atomic mass is 10.1. The summed E-state index contributed by atoms with van der Waals surface area (Å²) in [6.07, 6.45) is 0.956. The number of hydrogen-bond acceptors (Lipinski definition) is 1. The van der Waals surface area contributed by atoms with Crippen LogP contribution in [-0.4, -0.2) is 28.7 Å². The molecule has 1 rings (SSSR count). The minimum atomic E-state index is 0.0672. The molecule has 0 atom stereocenters. The minimum Gasteiger partial charge on any atom is -0.336 e. The van der Waals surface area contributed by atoms with Crippen LogP contribution in [0.5, 0.6) is 0 Å². The highest BCUT2D eigenvalue weighted by Crippen LogP contribution is 2.13. The maximum Gasteiger partial charge on any atom is 0.254 e. The summed E-state index contributed by atoms with van der Waals surface area (Å²) in [5.41, 5.74) is 0.692. The van der Waals surface area contributed by atoms with E-state index >= 15 is 0 Å². The molecule has 0 aliphatic carbocycles. The summed E-state index contributed by atoms with van der Waals surface area (Å²) in [4.78, 5) is 14.2. The zero-order valence-electron chi connectivity index (χ0n) is 10.1. The smallest absolute Gasteiger partial charge is 0.254 e. The highest BCUT2D eigenvalue weighted by molar-refractivity contribution is 9.09. The molecule has 0 saturated carbocycles. The highest BCUT2D eigenvalue weighted by Gasteiger charge is 2.17. The van der Waals surface area contributed by atoms with Crippen molar-refractivity contribution in [1.82, 2.24) is 4.90 Å². The molecule has 1 amide bonds. The normalized spacial score (nSPS) is 10.6. The fourth-order valence-corrected chi connectivity index (χ4v) is 1.96. The highest BCUT2D eigenvalue weighted by atomic mass is 79.9. The number of nitrogens with zero attached hydrogens (tertiary/aromatic N) is 1. The van der Waals surface area contributed by atoms with Gasteiger partial charge in [-0.15, -0.1) is 0 Å². The van der Waals surface area contributed by atoms with E-state index < -0.39 is 0 Å². The van der Waals surface area contributed by atoms with Crippen molar-refractivity contribution < 1.29 is 4.79 Å². The summed E-state index contributed by atoms with van der Waals surface area (Å²) in [6, 6.07) is 7.25. The third kappa shape index (κ3) is 4.32. The van der Waals surface area contributed by atoms with Gasteiger partial charge < -0.3 is 4.90 Å². The van der Waals surface area contributed by atoms with Crippen molar-refractivity contribution in [2.45, 2.75) is 26.3 Å². The number of halogens is 2. The van der Waals surface area contributed by atoms with Crippen LogP contribution < -0.4 is 0 Å². The largest absolute Gasteiger partial charge is 0.336 e. The molecule has 0 heterocycles. The molecule has 0 aliphatic heterocycles. The van der Waals surface area contributed by atoms with Crippen LogP contribution in [0, 0.1) is 0 Å². The molecule has 0 bridgehead atoms. The zero-order valence-corrected chi connectivity index (χ0v) is 12.5. The van der Waals surface area contributed by atoms with E-state index in [2.05, 4.69) is 15.9 Å². The molecule has 0 radical (unpaired) electrons. The van der Waals surface area contributed by atoms with Crippen LogP contribution in [-0.2, 0) is 0 Å². The molecule has 0 aromatic heterocycles. The standard InChI is InChI=1S/C13H17BrClNO/c1-10(2)16(9-3-8-14)13(17)11-4-6-12(15)7-5-11/h4-7,10H,3,8-9H2,1-2H3. The fraction of sp³-hybridized carbons (Fsp3) is 0.462. The molecule has 0 saturated heterocycles. The molecule has 0 aliphatic rings. The van der Waals surface area contributed by atoms with Gasteiger partial charge in [-0.05, 0) is 44.5 Å². The maximum atomic E-state index is 12.3. The second-order valence-electron chi connectivity index (χ2n) is 4.14. The number of benzene rings is 1. The van der Waals surface area contributed by atoms with E-state index in [9.17, 15) is 4.79 Å². The Morgan fingerprint density at radius 2 is 1.94 bits per heavy atom. The van der Waals surface area contributed by atoms with E-state index in [4.69, 9.17) is 11.6 Å². The Balaban J connectivity index is 2.80. The first-order valence-corrected chi connectivity index (χ1v) is 7.18. The predicted molar refractivity (Wildman–Crippen MR) is 76.0 cm³/mol. The third-order valence-corrected chi connectivity index (χ3v) is 3.32. The Bertz CT molecular complexity index is 364. The number of amides is 1. The molecule has 17 heavy (non-hydrogen) atoms. The Labute approximate surface area is 116 Å². The molecule has 0 N–H and O–H groups in total. The molecule has 2 nitrogen and oxygen atoms in total. The van der Waals surface area contributed by atoms with E-state index in [0.29, 0.717) is 10.6 Å². The number of hydrogen-bond donors (Lipinski definition) is 0. The van der Waals surface area contributed by atoms with E-state index in [1.54, 1.807) is 24.3 Å². The number of alkyl halides is 1. The van der Waals surface area contributed by atoms with Gasteiger partial charge in [0.2, 0.25) is 0 Å². The lowest BCUT2D eigenvalue weighted by Crippen LogP contribution is -2.37. The van der Waals surface area contributed by atoms with E-state index in [1.807, 2.05) is 18.7 Å². The van der Waals surface area contributed by atoms with Gasteiger partial charge in [-0.1, -0.05) is 27.5 Å². The second-order valence-corrected chi connectivity index (χ2v) is 5.37. The van der Waals surface area contributed by atoms with Gasteiger partial charge in [-0.2, -0.15) is 0 Å². The summed E-state index contributed by atoms with van der Waals surface area (Å²) < 4.78 is 0. The van der Waals surface area contributed by atoms with Gasteiger partial charge in [-0.3, -0.25) is 4.79 Å². The lowest BCUT2D eigenvalue weighted by molar-refractivity contribution is 0.0707. The van der Waals surface area contributed by atoms with E-state index in [0.717, 1.165) is 18.3 Å². The average Bonchev–Trinajstić information content (AvgIpc) is 2.29. The summed E-state index contributed by atoms with van der Waals surface area (Å²) in [6.45, 7) is 4.83. The van der Waals surface area contributed by atoms with Crippen molar-refractivity contribution in [3.8, 4) is 0 Å². The van der Waals surface area contributed by atoms with Crippen LogP contribution >= 0.6 is 27.5 Å². The summed E-state index contributed by atoms with van der Waals surface area (Å²) in [7, 11) is 0. The average molecular weight is 319 g/mol. The van der Waals surface area contributed by atoms with Crippen LogP contribution in [0.15, 0.2) is 24.3 Å². The van der Waals surface area contributed by atoms with Crippen molar-refractivity contribution in [1.29, 1.82) is 0 Å². The summed E-state index contributed by atoms with van der Waals surface area (Å²) in [5.74, 6) is 0.0672. The molecule has 0 fully saturated rings. The van der Waals surface area contributed by atoms with Gasteiger partial charge in [0.25, 0.3) is 5.91 Å². The molecular weight excluding hydrogens is 302 g/mol. The Morgan fingerprint density at radius 3 is 2.41 bits per heavy atom. The Kier molecular flexibility index (Phi) is 6.00. The summed E-state index contributed by atoms with van der Waals surface area (Å²) >= 11 is 9.20. The van der Waals surface area contributed by atoms with Gasteiger partial charge in [0, 0.05) is 28.5 Å². The second kappa shape index (κ2) is 7.02. The molecule has 1 aromatic rings. The van der Waals surface area contributed by atoms with Crippen LogP contribution in [0.3, 0.4) is 0 Å². The van der Waals surface area contributed by atoms with Crippen LogP contribution in [0.1, 0.15) is 30.6 Å². The molecule has 0 unspecified atom stereocenters. The first kappa shape index (κ1) is 14.5. The first-order valence-electron chi connectivity index (χ1n) is 5.68. The van der Waals surface area contributed by atoms with Crippen LogP contribution in [0.25, 0.3) is 0 Å². The van der Waals surface area contributed by atoms with Gasteiger partial charge in [0.05, 0.1) is 0 Å². The SMILES string of the molecule is CC(C)N(CCCBr)C(=O)c1ccc(Cl)cc1. The van der Waals surface area contributed by atoms with Crippen molar-refractivity contribution >= 4 is 33.4 Å². The van der Waals surface area contributed by atoms with Gasteiger partial charge in [-0.25, -0.2) is 0 Å². The van der Waals surface area contributed by atoms with Crippen molar-refractivity contribution in [3.63, 3.8) is 0 Å². The molecule has 4 heteroatoms. The predicted octanol–water partition coefficient (Wildman–Crippen LogP) is 3.98. The third-order valence-electron chi connectivity index (χ3n) is 2.51. The lowest BCUT2D eigenvalue weighted by Gasteiger charge is -2.26. The fourth-order valence-electron chi connectivity index (χ4n) is 1.58. The Hall–Kier alpha value is -0.540. The van der Waals surface area contributed by atoms with Gasteiger partial charge in [0.1, 0.15) is 0 Å². The van der Waals surface area contributed by atoms with Crippen molar-refractivity contribution in [3.05, 3.63) is 34.9 Å². The molecule has 94 valence electrons. The number of carbonyl (C=O) groups excluding carboxylic acids is 1. The quantitative estimate of drug-likeness (QED) is 0.752. The number of rotatable bonds is 5. The van der Waals surface area contributed by atoms with Crippen LogP contribution in [0.2, 0.25) is 5.02 Å². The summed E-state index contributed by atoms with van der Waals surface area (Å²) in [5, 5.41) is 1.56. The molecule has 1 aromatic carbocycles. The molecule has 0 spiro atoms. The van der Waals surface area contributed by atoms with Gasteiger partial charge >= 0.3 is 0 Å². The van der Waals surface area contributed by atoms with Gasteiger partial charge in [0.15, 0.2) is 0 Å². The minimum absolute atomic E-state index is 0.0672. The van der Waals surface area contributed by atoms with E-state index in [-0.39, 0.29) is 11.9 Å². The van der Waals surface area contributed by atoms with Crippen LogP contribution in [0.4, 0.5) is 0 Å². The first-order chi connectivity index (χ1) is 8.06. The maximum absolute atomic E-state index is 12.3. The Morgan fingerprint density at radius 1 is 1.35 bits per heavy atom. The van der Waals surface area contributed by atoms with Crippen molar-refractivity contribution in [2.24, 2.45) is 0 Å². The van der Waals surface area contributed by atoms with Crippen molar-refractivity contribution in [2.75, 3.05) is 11.9 Å². The topological polar surface area (TPSA) is 20.3 Å². The zero-order chi connectivity index (χ0) is 12.8. The monoisotopic (exact) mass is 317 g/mol.